The minimum absolute atomic E-state index is 0.116. The molecule has 6 heteroatoms. The Hall–Kier alpha value is -1.43. The number of benzene rings is 1. The summed E-state index contributed by atoms with van der Waals surface area (Å²) in [6.45, 7) is 0. The van der Waals surface area contributed by atoms with Gasteiger partial charge in [0, 0.05) is 12.1 Å². The highest BCUT2D eigenvalue weighted by Gasteiger charge is 2.13. The van der Waals surface area contributed by atoms with E-state index in [1.165, 1.54) is 0 Å². The van der Waals surface area contributed by atoms with Crippen molar-refractivity contribution >= 4 is 26.3 Å². The third kappa shape index (κ3) is 2.03. The second kappa shape index (κ2) is 3.53. The SMILES string of the molecule is O=C(Br)c1cc([N+](=O)[O-])ccc1O. The number of hydrogen-bond acceptors (Lipinski definition) is 4. The Labute approximate surface area is 81.3 Å². The van der Waals surface area contributed by atoms with E-state index in [-0.39, 0.29) is 17.0 Å². The molecule has 13 heavy (non-hydrogen) atoms. The first kappa shape index (κ1) is 9.66. The van der Waals surface area contributed by atoms with Crippen molar-refractivity contribution in [3.05, 3.63) is 33.9 Å². The van der Waals surface area contributed by atoms with Crippen LogP contribution in [0.3, 0.4) is 0 Å². The highest BCUT2D eigenvalue weighted by molar-refractivity contribution is 9.18. The summed E-state index contributed by atoms with van der Waals surface area (Å²) < 4.78 is -0.589. The van der Waals surface area contributed by atoms with Crippen molar-refractivity contribution in [2.75, 3.05) is 0 Å². The molecular weight excluding hydrogens is 242 g/mol. The molecular formula is C7H4BrNO4. The van der Waals surface area contributed by atoms with Crippen molar-refractivity contribution < 1.29 is 14.8 Å². The fraction of sp³-hybridized carbons (Fsp3) is 0. The first-order chi connectivity index (χ1) is 6.02. The molecule has 1 rings (SSSR count). The van der Waals surface area contributed by atoms with Gasteiger partial charge in [-0.2, -0.15) is 0 Å². The van der Waals surface area contributed by atoms with E-state index in [0.29, 0.717) is 0 Å². The first-order valence-corrected chi connectivity index (χ1v) is 3.99. The van der Waals surface area contributed by atoms with Crippen LogP contribution >= 0.6 is 15.9 Å². The minimum Gasteiger partial charge on any atom is -0.507 e. The molecule has 68 valence electrons. The molecule has 0 radical (unpaired) electrons. The number of rotatable bonds is 2. The van der Waals surface area contributed by atoms with Gasteiger partial charge < -0.3 is 5.11 Å². The molecule has 0 aliphatic heterocycles. The van der Waals surface area contributed by atoms with Gasteiger partial charge >= 0.3 is 0 Å². The van der Waals surface area contributed by atoms with Gasteiger partial charge in [-0.15, -0.1) is 0 Å². The van der Waals surface area contributed by atoms with E-state index in [1.807, 2.05) is 0 Å². The van der Waals surface area contributed by atoms with Gasteiger partial charge in [-0.3, -0.25) is 14.9 Å². The number of aromatic hydroxyl groups is 1. The highest BCUT2D eigenvalue weighted by atomic mass is 79.9. The van der Waals surface area contributed by atoms with Crippen LogP contribution in [0.2, 0.25) is 0 Å². The molecule has 0 aliphatic carbocycles. The standard InChI is InChI=1S/C7H4BrNO4/c8-7(11)5-3-4(9(12)13)1-2-6(5)10/h1-3,10H. The van der Waals surface area contributed by atoms with Gasteiger partial charge in [0.05, 0.1) is 10.5 Å². The minimum atomic E-state index is -0.640. The number of hydrogen-bond donors (Lipinski definition) is 1. The number of nitrogens with zero attached hydrogens (tertiary/aromatic N) is 1. The summed E-state index contributed by atoms with van der Waals surface area (Å²) in [6.07, 6.45) is 0. The number of phenolic OH excluding ortho intramolecular Hbond substituents is 1. The molecule has 1 aromatic rings. The van der Waals surface area contributed by atoms with E-state index < -0.39 is 9.62 Å². The van der Waals surface area contributed by atoms with Crippen LogP contribution in [-0.4, -0.2) is 14.7 Å². The summed E-state index contributed by atoms with van der Waals surface area (Å²) in [5, 5.41) is 19.4. The van der Waals surface area contributed by atoms with E-state index in [9.17, 15) is 14.9 Å². The van der Waals surface area contributed by atoms with Gasteiger partial charge in [-0.1, -0.05) is 0 Å². The van der Waals surface area contributed by atoms with E-state index in [0.717, 1.165) is 18.2 Å². The van der Waals surface area contributed by atoms with Crippen molar-refractivity contribution in [2.24, 2.45) is 0 Å². The van der Waals surface area contributed by atoms with Crippen molar-refractivity contribution in [3.8, 4) is 5.75 Å². The Kier molecular flexibility index (Phi) is 2.62. The number of phenols is 1. The average molecular weight is 246 g/mol. The maximum absolute atomic E-state index is 10.8. The van der Waals surface area contributed by atoms with Crippen molar-refractivity contribution in [3.63, 3.8) is 0 Å². The normalized spacial score (nSPS) is 9.62. The van der Waals surface area contributed by atoms with Crippen LogP contribution in [0.15, 0.2) is 18.2 Å². The molecule has 0 spiro atoms. The maximum atomic E-state index is 10.8. The third-order valence-electron chi connectivity index (χ3n) is 1.40. The van der Waals surface area contributed by atoms with Gasteiger partial charge in [-0.05, 0) is 22.0 Å². The molecule has 0 bridgehead atoms. The Morgan fingerprint density at radius 1 is 1.54 bits per heavy atom. The maximum Gasteiger partial charge on any atom is 0.270 e. The third-order valence-corrected chi connectivity index (χ3v) is 1.83. The molecule has 0 fully saturated rings. The zero-order chi connectivity index (χ0) is 10.0. The first-order valence-electron chi connectivity index (χ1n) is 3.19. The fourth-order valence-corrected chi connectivity index (χ4v) is 1.11. The summed E-state index contributed by atoms with van der Waals surface area (Å²) in [5.41, 5.74) is -0.352. The van der Waals surface area contributed by atoms with Crippen molar-refractivity contribution in [1.29, 1.82) is 0 Å². The average Bonchev–Trinajstić information content (AvgIpc) is 2.04. The highest BCUT2D eigenvalue weighted by Crippen LogP contribution is 2.24. The van der Waals surface area contributed by atoms with Crippen LogP contribution in [0.4, 0.5) is 5.69 Å². The largest absolute Gasteiger partial charge is 0.507 e. The van der Waals surface area contributed by atoms with Crippen molar-refractivity contribution in [1.82, 2.24) is 0 Å². The zero-order valence-corrected chi connectivity index (χ0v) is 7.82. The number of non-ortho nitro benzene ring substituents is 1. The lowest BCUT2D eigenvalue weighted by Gasteiger charge is -1.97. The molecule has 1 aromatic carbocycles. The van der Waals surface area contributed by atoms with E-state index in [4.69, 9.17) is 5.11 Å². The molecule has 0 amide bonds. The van der Waals surface area contributed by atoms with Crippen LogP contribution in [0.25, 0.3) is 0 Å². The summed E-state index contributed by atoms with van der Waals surface area (Å²) in [4.78, 5) is 20.4. The Morgan fingerprint density at radius 3 is 2.62 bits per heavy atom. The van der Waals surface area contributed by atoms with Crippen LogP contribution in [0.1, 0.15) is 10.4 Å². The molecule has 0 aromatic heterocycles. The van der Waals surface area contributed by atoms with Gasteiger partial charge in [0.15, 0.2) is 0 Å². The Morgan fingerprint density at radius 2 is 2.15 bits per heavy atom. The fourth-order valence-electron chi connectivity index (χ4n) is 0.795. The van der Waals surface area contributed by atoms with Gasteiger partial charge in [0.1, 0.15) is 5.75 Å². The molecule has 0 aliphatic rings. The predicted octanol–water partition coefficient (Wildman–Crippen LogP) is 1.84. The lowest BCUT2D eigenvalue weighted by atomic mass is 10.2. The topological polar surface area (TPSA) is 80.4 Å². The summed E-state index contributed by atoms with van der Waals surface area (Å²) >= 11 is 2.60. The number of nitro groups is 1. The Bertz CT molecular complexity index is 377. The molecule has 0 unspecified atom stereocenters. The van der Waals surface area contributed by atoms with E-state index in [2.05, 4.69) is 15.9 Å². The van der Waals surface area contributed by atoms with Crippen molar-refractivity contribution in [2.45, 2.75) is 0 Å². The summed E-state index contributed by atoms with van der Waals surface area (Å²) in [6, 6.07) is 3.23. The molecule has 0 heterocycles. The number of carbonyl (C=O) groups is 1. The smallest absolute Gasteiger partial charge is 0.270 e. The number of carbonyl (C=O) groups excluding carboxylic acids is 1. The Balaban J connectivity index is 3.27. The second-order valence-electron chi connectivity index (χ2n) is 2.23. The molecule has 0 saturated carbocycles. The lowest BCUT2D eigenvalue weighted by molar-refractivity contribution is -0.384. The van der Waals surface area contributed by atoms with Crippen LogP contribution < -0.4 is 0 Å². The van der Waals surface area contributed by atoms with Crippen LogP contribution in [0.5, 0.6) is 5.75 Å². The monoisotopic (exact) mass is 245 g/mol. The van der Waals surface area contributed by atoms with Crippen LogP contribution in [-0.2, 0) is 0 Å². The number of halogens is 1. The molecule has 5 nitrogen and oxygen atoms in total. The van der Waals surface area contributed by atoms with Gasteiger partial charge in [0.25, 0.3) is 5.69 Å². The van der Waals surface area contributed by atoms with Gasteiger partial charge in [0.2, 0.25) is 4.69 Å². The van der Waals surface area contributed by atoms with Gasteiger partial charge in [-0.25, -0.2) is 0 Å². The summed E-state index contributed by atoms with van der Waals surface area (Å²) in [7, 11) is 0. The van der Waals surface area contributed by atoms with E-state index >= 15 is 0 Å². The number of nitro benzene ring substituents is 1. The lowest BCUT2D eigenvalue weighted by Crippen LogP contribution is -1.93. The molecule has 0 atom stereocenters. The zero-order valence-electron chi connectivity index (χ0n) is 6.23. The second-order valence-corrected chi connectivity index (χ2v) is 2.95. The van der Waals surface area contributed by atoms with Crippen LogP contribution in [0, 0.1) is 10.1 Å². The quantitative estimate of drug-likeness (QED) is 0.490. The predicted molar refractivity (Wildman–Crippen MR) is 48.0 cm³/mol. The molecule has 1 N–H and O–H groups in total. The molecule has 0 saturated heterocycles. The van der Waals surface area contributed by atoms with E-state index in [1.54, 1.807) is 0 Å². The summed E-state index contributed by atoms with van der Waals surface area (Å²) in [5.74, 6) is -0.285.